The molecule has 0 saturated heterocycles. The number of benzene rings is 1. The van der Waals surface area contributed by atoms with Crippen LogP contribution in [0, 0.1) is 10.1 Å². The number of urea groups is 1. The van der Waals surface area contributed by atoms with Crippen LogP contribution in [0.2, 0.25) is 0 Å². The number of aliphatic hydroxyl groups excluding tert-OH is 2. The van der Waals surface area contributed by atoms with E-state index < -0.39 is 29.7 Å². The van der Waals surface area contributed by atoms with E-state index in [-0.39, 0.29) is 11.7 Å². The van der Waals surface area contributed by atoms with Gasteiger partial charge in [0.25, 0.3) is 5.69 Å². The number of nitro groups is 1. The maximum Gasteiger partial charge on any atom is 0.315 e. The monoisotopic (exact) mass is 297 g/mol. The van der Waals surface area contributed by atoms with Crippen molar-refractivity contribution in [3.63, 3.8) is 0 Å². The molecular formula is C13H19N3O5. The van der Waals surface area contributed by atoms with Crippen molar-refractivity contribution in [1.29, 1.82) is 0 Å². The van der Waals surface area contributed by atoms with Crippen molar-refractivity contribution in [1.82, 2.24) is 10.6 Å². The highest BCUT2D eigenvalue weighted by Gasteiger charge is 2.23. The number of hydrogen-bond acceptors (Lipinski definition) is 5. The first-order valence-corrected chi connectivity index (χ1v) is 6.45. The molecule has 0 fully saturated rings. The molecule has 21 heavy (non-hydrogen) atoms. The summed E-state index contributed by atoms with van der Waals surface area (Å²) >= 11 is 0. The molecule has 0 bridgehead atoms. The van der Waals surface area contributed by atoms with Gasteiger partial charge in [-0.15, -0.1) is 0 Å². The predicted molar refractivity (Wildman–Crippen MR) is 75.7 cm³/mol. The van der Waals surface area contributed by atoms with Gasteiger partial charge in [0.05, 0.1) is 17.6 Å². The van der Waals surface area contributed by atoms with E-state index in [0.29, 0.717) is 5.56 Å². The zero-order valence-corrected chi connectivity index (χ0v) is 11.8. The molecule has 0 aromatic heterocycles. The van der Waals surface area contributed by atoms with Crippen LogP contribution in [0.4, 0.5) is 10.5 Å². The number of nitrogens with one attached hydrogen (secondary N) is 2. The summed E-state index contributed by atoms with van der Waals surface area (Å²) in [6, 6.07) is 3.76. The second-order valence-corrected chi connectivity index (χ2v) is 4.86. The van der Waals surface area contributed by atoms with Gasteiger partial charge in [-0.2, -0.15) is 0 Å². The van der Waals surface area contributed by atoms with Gasteiger partial charge in [-0.1, -0.05) is 0 Å². The molecule has 0 unspecified atom stereocenters. The van der Waals surface area contributed by atoms with Gasteiger partial charge in [0, 0.05) is 18.2 Å². The van der Waals surface area contributed by atoms with Crippen LogP contribution in [0.5, 0.6) is 0 Å². The largest absolute Gasteiger partial charge is 0.394 e. The number of aliphatic hydroxyl groups is 2. The Labute approximate surface area is 121 Å². The van der Waals surface area contributed by atoms with Gasteiger partial charge in [0.2, 0.25) is 0 Å². The number of carbonyl (C=O) groups excluding carboxylic acids is 1. The fraction of sp³-hybridized carbons (Fsp3) is 0.462. The first kappa shape index (κ1) is 16.9. The molecule has 0 aliphatic heterocycles. The number of amides is 2. The minimum Gasteiger partial charge on any atom is -0.394 e. The molecule has 0 aliphatic carbocycles. The average Bonchev–Trinajstić information content (AvgIpc) is 2.43. The SMILES string of the molecule is CC(C)NC(=O)N[C@H](CO)[C@H](O)c1ccc([N+](=O)[O-])cc1. The normalized spacial score (nSPS) is 13.6. The number of carbonyl (C=O) groups is 1. The third-order valence-electron chi connectivity index (χ3n) is 2.76. The van der Waals surface area contributed by atoms with E-state index in [1.165, 1.54) is 24.3 Å². The molecular weight excluding hydrogens is 278 g/mol. The zero-order valence-electron chi connectivity index (χ0n) is 11.8. The highest BCUT2D eigenvalue weighted by molar-refractivity contribution is 5.74. The van der Waals surface area contributed by atoms with E-state index in [9.17, 15) is 25.1 Å². The Bertz CT molecular complexity index is 489. The van der Waals surface area contributed by atoms with E-state index in [2.05, 4.69) is 10.6 Å². The Morgan fingerprint density at radius 2 is 1.86 bits per heavy atom. The molecule has 8 nitrogen and oxygen atoms in total. The molecule has 116 valence electrons. The lowest BCUT2D eigenvalue weighted by Crippen LogP contribution is -2.48. The van der Waals surface area contributed by atoms with Gasteiger partial charge < -0.3 is 20.8 Å². The van der Waals surface area contributed by atoms with Gasteiger partial charge in [0.15, 0.2) is 0 Å². The van der Waals surface area contributed by atoms with Crippen LogP contribution < -0.4 is 10.6 Å². The Morgan fingerprint density at radius 3 is 2.29 bits per heavy atom. The van der Waals surface area contributed by atoms with E-state index in [4.69, 9.17) is 0 Å². The summed E-state index contributed by atoms with van der Waals surface area (Å²) in [6.45, 7) is 3.09. The lowest BCUT2D eigenvalue weighted by atomic mass is 10.0. The lowest BCUT2D eigenvalue weighted by molar-refractivity contribution is -0.384. The second kappa shape index (κ2) is 7.55. The van der Waals surface area contributed by atoms with Crippen LogP contribution in [0.25, 0.3) is 0 Å². The van der Waals surface area contributed by atoms with E-state index in [1.807, 2.05) is 0 Å². The summed E-state index contributed by atoms with van der Waals surface area (Å²) < 4.78 is 0. The molecule has 1 aromatic carbocycles. The topological polar surface area (TPSA) is 125 Å². The van der Waals surface area contributed by atoms with Crippen molar-refractivity contribution >= 4 is 11.7 Å². The van der Waals surface area contributed by atoms with Crippen LogP contribution in [0.15, 0.2) is 24.3 Å². The zero-order chi connectivity index (χ0) is 16.0. The molecule has 0 heterocycles. The Hall–Kier alpha value is -2.19. The van der Waals surface area contributed by atoms with Gasteiger partial charge in [-0.3, -0.25) is 10.1 Å². The fourth-order valence-corrected chi connectivity index (χ4v) is 1.72. The predicted octanol–water partition coefficient (Wildman–Crippen LogP) is 0.697. The summed E-state index contributed by atoms with van der Waals surface area (Å²) in [6.07, 6.45) is -1.17. The molecule has 1 rings (SSSR count). The number of non-ortho nitro benzene ring substituents is 1. The molecule has 0 aliphatic rings. The summed E-state index contributed by atoms with van der Waals surface area (Å²) in [5.41, 5.74) is 0.265. The molecule has 2 amide bonds. The molecule has 0 radical (unpaired) electrons. The van der Waals surface area contributed by atoms with E-state index in [1.54, 1.807) is 13.8 Å². The number of hydrogen-bond donors (Lipinski definition) is 4. The van der Waals surface area contributed by atoms with Crippen molar-refractivity contribution in [2.75, 3.05) is 6.61 Å². The third-order valence-corrected chi connectivity index (χ3v) is 2.76. The lowest BCUT2D eigenvalue weighted by Gasteiger charge is -2.23. The van der Waals surface area contributed by atoms with Crippen LogP contribution in [0.3, 0.4) is 0 Å². The summed E-state index contributed by atoms with van der Waals surface area (Å²) in [7, 11) is 0. The summed E-state index contributed by atoms with van der Waals surface area (Å²) in [4.78, 5) is 21.6. The van der Waals surface area contributed by atoms with Crippen LogP contribution in [-0.4, -0.2) is 39.9 Å². The van der Waals surface area contributed by atoms with Gasteiger partial charge in [-0.25, -0.2) is 4.79 Å². The maximum absolute atomic E-state index is 11.6. The highest BCUT2D eigenvalue weighted by atomic mass is 16.6. The van der Waals surface area contributed by atoms with Gasteiger partial charge in [-0.05, 0) is 31.5 Å². The van der Waals surface area contributed by atoms with Crippen molar-refractivity contribution in [2.24, 2.45) is 0 Å². The molecule has 1 aromatic rings. The van der Waals surface area contributed by atoms with Crippen molar-refractivity contribution < 1.29 is 19.9 Å². The first-order chi connectivity index (χ1) is 9.85. The minimum atomic E-state index is -1.17. The fourth-order valence-electron chi connectivity index (χ4n) is 1.72. The Kier molecular flexibility index (Phi) is 6.07. The van der Waals surface area contributed by atoms with Gasteiger partial charge in [0.1, 0.15) is 6.10 Å². The standard InChI is InChI=1S/C13H19N3O5/c1-8(2)14-13(19)15-11(7-17)12(18)9-3-5-10(6-4-9)16(20)21/h3-6,8,11-12,17-18H,7H2,1-2H3,(H2,14,15,19)/t11-,12-/m1/s1. The number of rotatable bonds is 6. The van der Waals surface area contributed by atoms with Crippen molar-refractivity contribution in [3.05, 3.63) is 39.9 Å². The quantitative estimate of drug-likeness (QED) is 0.454. The van der Waals surface area contributed by atoms with Crippen LogP contribution in [-0.2, 0) is 0 Å². The van der Waals surface area contributed by atoms with Crippen molar-refractivity contribution in [2.45, 2.75) is 32.0 Å². The molecule has 4 N–H and O–H groups in total. The Balaban J connectivity index is 2.75. The summed E-state index contributed by atoms with van der Waals surface area (Å²) in [5.74, 6) is 0. The van der Waals surface area contributed by atoms with Crippen LogP contribution in [0.1, 0.15) is 25.5 Å². The third kappa shape index (κ3) is 5.01. The smallest absolute Gasteiger partial charge is 0.315 e. The highest BCUT2D eigenvalue weighted by Crippen LogP contribution is 2.20. The second-order valence-electron chi connectivity index (χ2n) is 4.86. The maximum atomic E-state index is 11.6. The summed E-state index contributed by atoms with van der Waals surface area (Å²) in [5, 5.41) is 35.0. The van der Waals surface area contributed by atoms with Crippen LogP contribution >= 0.6 is 0 Å². The molecule has 2 atom stereocenters. The van der Waals surface area contributed by atoms with Gasteiger partial charge >= 0.3 is 6.03 Å². The number of nitro benzene ring substituents is 1. The minimum absolute atomic E-state index is 0.0825. The van der Waals surface area contributed by atoms with E-state index >= 15 is 0 Å². The molecule has 0 spiro atoms. The number of nitrogens with zero attached hydrogens (tertiary/aromatic N) is 1. The van der Waals surface area contributed by atoms with Crippen molar-refractivity contribution in [3.8, 4) is 0 Å². The molecule has 0 saturated carbocycles. The first-order valence-electron chi connectivity index (χ1n) is 6.45. The molecule has 8 heteroatoms. The average molecular weight is 297 g/mol. The Morgan fingerprint density at radius 1 is 1.29 bits per heavy atom. The van der Waals surface area contributed by atoms with E-state index in [0.717, 1.165) is 0 Å².